The molecule has 0 N–H and O–H groups in total. The first-order chi connectivity index (χ1) is 7.41. The lowest BCUT2D eigenvalue weighted by Gasteiger charge is -2.09. The van der Waals surface area contributed by atoms with Crippen LogP contribution in [0.1, 0.15) is 60.8 Å². The van der Waals surface area contributed by atoms with E-state index in [9.17, 15) is 0 Å². The molecule has 2 nitrogen and oxygen atoms in total. The molecule has 96 valence electrons. The molecule has 2 aliphatic heterocycles. The molecule has 0 aromatic carbocycles. The van der Waals surface area contributed by atoms with Crippen molar-refractivity contribution in [1.29, 1.82) is 0 Å². The molecule has 0 aromatic heterocycles. The van der Waals surface area contributed by atoms with Crippen molar-refractivity contribution in [2.75, 3.05) is 26.4 Å². The summed E-state index contributed by atoms with van der Waals surface area (Å²) < 4.78 is 9.44. The Morgan fingerprint density at radius 1 is 0.667 bits per heavy atom. The van der Waals surface area contributed by atoms with Gasteiger partial charge in [0.1, 0.15) is 0 Å². The van der Waals surface area contributed by atoms with Crippen molar-refractivity contribution >= 4 is 0 Å². The largest absolute Gasteiger partial charge is 0.381 e. The highest BCUT2D eigenvalue weighted by molar-refractivity contribution is 4.41. The minimum absolute atomic E-state index is 1.00. The van der Waals surface area contributed by atoms with Gasteiger partial charge in [-0.25, -0.2) is 0 Å². The Morgan fingerprint density at radius 2 is 0.733 bits per heavy atom. The normalized spacial score (nSPS) is 14.8. The molecule has 0 bridgehead atoms. The summed E-state index contributed by atoms with van der Waals surface area (Å²) in [5, 5.41) is 0. The van der Waals surface area contributed by atoms with Crippen LogP contribution < -0.4 is 0 Å². The van der Waals surface area contributed by atoms with E-state index in [1.807, 2.05) is 27.7 Å². The van der Waals surface area contributed by atoms with Crippen molar-refractivity contribution in [1.82, 2.24) is 0 Å². The average Bonchev–Trinajstić information content (AvgIpc) is 2.06. The Morgan fingerprint density at radius 3 is 0.733 bits per heavy atom. The lowest BCUT2D eigenvalue weighted by atomic mass is 10.4. The van der Waals surface area contributed by atoms with Gasteiger partial charge in [-0.05, 0) is 12.8 Å². The maximum atomic E-state index is 4.72. The van der Waals surface area contributed by atoms with Gasteiger partial charge >= 0.3 is 0 Å². The monoisotopic (exact) mass is 220 g/mol. The van der Waals surface area contributed by atoms with Crippen molar-refractivity contribution < 1.29 is 9.47 Å². The van der Waals surface area contributed by atoms with Gasteiger partial charge in [-0.2, -0.15) is 0 Å². The van der Waals surface area contributed by atoms with Crippen molar-refractivity contribution in [3.8, 4) is 0 Å². The zero-order valence-corrected chi connectivity index (χ0v) is 11.8. The average molecular weight is 220 g/mol. The molecule has 2 heterocycles. The molecule has 2 fully saturated rings. The second-order valence-corrected chi connectivity index (χ2v) is 2.64. The fourth-order valence-corrected chi connectivity index (χ4v) is 0.289. The minimum atomic E-state index is 1.00. The molecule has 0 amide bonds. The van der Waals surface area contributed by atoms with E-state index in [2.05, 4.69) is 13.8 Å². The molecule has 0 saturated carbocycles. The number of hydrogen-bond donors (Lipinski definition) is 0. The third-order valence-electron chi connectivity index (χ3n) is 1.15. The Labute approximate surface area is 97.4 Å². The SMILES string of the molecule is C1COC1.C1COC1.CC.CC.CCC. The van der Waals surface area contributed by atoms with E-state index in [1.54, 1.807) is 0 Å². The molecule has 0 aliphatic carbocycles. The topological polar surface area (TPSA) is 18.5 Å². The molecule has 2 heteroatoms. The van der Waals surface area contributed by atoms with Crippen LogP contribution in [0.3, 0.4) is 0 Å². The van der Waals surface area contributed by atoms with Crippen LogP contribution >= 0.6 is 0 Å². The lowest BCUT2D eigenvalue weighted by Crippen LogP contribution is -2.09. The third-order valence-corrected chi connectivity index (χ3v) is 1.15. The van der Waals surface area contributed by atoms with Gasteiger partial charge in [0.15, 0.2) is 0 Å². The predicted molar refractivity (Wildman–Crippen MR) is 69.5 cm³/mol. The van der Waals surface area contributed by atoms with E-state index >= 15 is 0 Å². The maximum absolute atomic E-state index is 4.72. The highest BCUT2D eigenvalue weighted by atomic mass is 16.5. The molecule has 0 spiro atoms. The van der Waals surface area contributed by atoms with E-state index in [4.69, 9.17) is 9.47 Å². The molecule has 0 unspecified atom stereocenters. The summed E-state index contributed by atoms with van der Waals surface area (Å²) in [6.07, 6.45) is 3.81. The highest BCUT2D eigenvalue weighted by Crippen LogP contribution is 1.93. The molecule has 0 aromatic rings. The summed E-state index contributed by atoms with van der Waals surface area (Å²) in [5.41, 5.74) is 0. The van der Waals surface area contributed by atoms with E-state index in [1.165, 1.54) is 19.3 Å². The van der Waals surface area contributed by atoms with Crippen molar-refractivity contribution in [2.45, 2.75) is 60.8 Å². The number of ether oxygens (including phenoxy) is 2. The first kappa shape index (κ1) is 20.3. The smallest absolute Gasteiger partial charge is 0.0488 e. The van der Waals surface area contributed by atoms with Crippen molar-refractivity contribution in [2.24, 2.45) is 0 Å². The number of rotatable bonds is 0. The van der Waals surface area contributed by atoms with Crippen LogP contribution in [0, 0.1) is 0 Å². The van der Waals surface area contributed by atoms with Crippen LogP contribution in [0.2, 0.25) is 0 Å². The summed E-state index contributed by atoms with van der Waals surface area (Å²) in [6.45, 7) is 16.2. The van der Waals surface area contributed by atoms with Gasteiger partial charge in [0, 0.05) is 26.4 Å². The van der Waals surface area contributed by atoms with Crippen molar-refractivity contribution in [3.05, 3.63) is 0 Å². The first-order valence-electron chi connectivity index (χ1n) is 6.57. The molecule has 2 saturated heterocycles. The Hall–Kier alpha value is -0.0800. The molecule has 2 rings (SSSR count). The van der Waals surface area contributed by atoms with E-state index in [-0.39, 0.29) is 0 Å². The zero-order chi connectivity index (χ0) is 12.4. The van der Waals surface area contributed by atoms with Gasteiger partial charge in [0.25, 0.3) is 0 Å². The summed E-state index contributed by atoms with van der Waals surface area (Å²) in [4.78, 5) is 0. The summed E-state index contributed by atoms with van der Waals surface area (Å²) in [5.74, 6) is 0. The van der Waals surface area contributed by atoms with Crippen LogP contribution in [0.4, 0.5) is 0 Å². The Kier molecular flexibility index (Phi) is 39.6. The minimum Gasteiger partial charge on any atom is -0.381 e. The molecule has 0 radical (unpaired) electrons. The molecule has 2 aliphatic rings. The number of hydrogen-bond acceptors (Lipinski definition) is 2. The van der Waals surface area contributed by atoms with Gasteiger partial charge in [0.2, 0.25) is 0 Å². The van der Waals surface area contributed by atoms with E-state index in [0.29, 0.717) is 0 Å². The van der Waals surface area contributed by atoms with Gasteiger partial charge in [-0.1, -0.05) is 48.0 Å². The second-order valence-electron chi connectivity index (χ2n) is 2.64. The zero-order valence-electron chi connectivity index (χ0n) is 11.8. The fourth-order valence-electron chi connectivity index (χ4n) is 0.289. The summed E-state index contributed by atoms with van der Waals surface area (Å²) in [6, 6.07) is 0. The van der Waals surface area contributed by atoms with E-state index in [0.717, 1.165) is 26.4 Å². The molecule has 15 heavy (non-hydrogen) atoms. The summed E-state index contributed by atoms with van der Waals surface area (Å²) in [7, 11) is 0. The molecule has 0 atom stereocenters. The fraction of sp³-hybridized carbons (Fsp3) is 1.00. The van der Waals surface area contributed by atoms with Crippen molar-refractivity contribution in [3.63, 3.8) is 0 Å². The predicted octanol–water partition coefficient (Wildman–Crippen LogP) is 4.28. The van der Waals surface area contributed by atoms with E-state index < -0.39 is 0 Å². The van der Waals surface area contributed by atoms with Gasteiger partial charge in [0.05, 0.1) is 0 Å². The molecular formula is C13H32O2. The summed E-state index contributed by atoms with van der Waals surface area (Å²) >= 11 is 0. The second kappa shape index (κ2) is 29.2. The first-order valence-corrected chi connectivity index (χ1v) is 6.57. The van der Waals surface area contributed by atoms with Crippen LogP contribution in [0.5, 0.6) is 0 Å². The standard InChI is InChI=1S/2C3H6O.C3H8.2C2H6/c2*1-2-4-3-1;1-3-2;2*1-2/h2*1-3H2;3H2,1-2H3;2*1-2H3. The maximum Gasteiger partial charge on any atom is 0.0488 e. The molecular weight excluding hydrogens is 188 g/mol. The Balaban J connectivity index is -0.000000126. The van der Waals surface area contributed by atoms with Crippen LogP contribution in [0.25, 0.3) is 0 Å². The van der Waals surface area contributed by atoms with Crippen LogP contribution in [-0.4, -0.2) is 26.4 Å². The van der Waals surface area contributed by atoms with Gasteiger partial charge in [-0.3, -0.25) is 0 Å². The van der Waals surface area contributed by atoms with Crippen LogP contribution in [0.15, 0.2) is 0 Å². The van der Waals surface area contributed by atoms with Crippen LogP contribution in [-0.2, 0) is 9.47 Å². The Bertz CT molecular complexity index is 41.6. The quantitative estimate of drug-likeness (QED) is 0.606. The highest BCUT2D eigenvalue weighted by Gasteiger charge is 1.94. The van der Waals surface area contributed by atoms with Gasteiger partial charge < -0.3 is 9.47 Å². The lowest BCUT2D eigenvalue weighted by molar-refractivity contribution is 0.0366. The van der Waals surface area contributed by atoms with Gasteiger partial charge in [-0.15, -0.1) is 0 Å². The third kappa shape index (κ3) is 31.5.